The van der Waals surface area contributed by atoms with Gasteiger partial charge in [0.2, 0.25) is 0 Å². The Morgan fingerprint density at radius 3 is 2.24 bits per heavy atom. The van der Waals surface area contributed by atoms with Gasteiger partial charge in [-0.25, -0.2) is 0 Å². The minimum absolute atomic E-state index is 0.0298. The lowest BCUT2D eigenvalue weighted by Gasteiger charge is -2.12. The topological polar surface area (TPSA) is 52.3 Å². The minimum Gasteiger partial charge on any atom is -0.457 e. The molecule has 0 radical (unpaired) electrons. The maximum atomic E-state index is 12.6. The van der Waals surface area contributed by atoms with Crippen LogP contribution in [0.3, 0.4) is 0 Å². The fourth-order valence-corrected chi connectivity index (χ4v) is 1.88. The monoisotopic (exact) mass is 359 g/mol. The third-order valence-corrected chi connectivity index (χ3v) is 3.14. The van der Waals surface area contributed by atoms with Gasteiger partial charge in [0.15, 0.2) is 0 Å². The highest BCUT2D eigenvalue weighted by Crippen LogP contribution is 2.34. The summed E-state index contributed by atoms with van der Waals surface area (Å²) >= 11 is 3.25. The molecule has 21 heavy (non-hydrogen) atoms. The smallest absolute Gasteiger partial charge is 0.416 e. The van der Waals surface area contributed by atoms with Crippen LogP contribution in [0, 0.1) is 0 Å². The molecular weight excluding hydrogens is 351 g/mol. The molecule has 3 nitrogen and oxygen atoms in total. The molecule has 0 unspecified atom stereocenters. The fraction of sp³-hybridized carbons (Fsp3) is 0.0714. The zero-order valence-corrected chi connectivity index (χ0v) is 12.0. The van der Waals surface area contributed by atoms with E-state index < -0.39 is 17.6 Å². The Balaban J connectivity index is 2.39. The number of benzene rings is 2. The van der Waals surface area contributed by atoms with E-state index in [0.29, 0.717) is 11.8 Å². The van der Waals surface area contributed by atoms with Crippen molar-refractivity contribution in [2.45, 2.75) is 6.18 Å². The molecule has 0 fully saturated rings. The number of nitrogens with two attached hydrogens (primary N) is 1. The molecule has 0 saturated heterocycles. The molecule has 0 aliphatic carbocycles. The average Bonchev–Trinajstić information content (AvgIpc) is 2.40. The second-order valence-corrected chi connectivity index (χ2v) is 5.04. The van der Waals surface area contributed by atoms with Gasteiger partial charge in [-0.2, -0.15) is 13.2 Å². The van der Waals surface area contributed by atoms with Gasteiger partial charge in [0.05, 0.1) is 11.1 Å². The first kappa shape index (κ1) is 15.4. The summed E-state index contributed by atoms with van der Waals surface area (Å²) in [7, 11) is 0. The number of hydrogen-bond acceptors (Lipinski definition) is 2. The van der Waals surface area contributed by atoms with E-state index in [9.17, 15) is 18.0 Å². The Morgan fingerprint density at radius 1 is 1.10 bits per heavy atom. The summed E-state index contributed by atoms with van der Waals surface area (Å²) in [5, 5.41) is 0. The van der Waals surface area contributed by atoms with Crippen LogP contribution in [0.15, 0.2) is 46.9 Å². The van der Waals surface area contributed by atoms with Gasteiger partial charge >= 0.3 is 6.18 Å². The average molecular weight is 360 g/mol. The molecular formula is C14H9BrF3NO2. The van der Waals surface area contributed by atoms with E-state index in [-0.39, 0.29) is 11.3 Å². The van der Waals surface area contributed by atoms with Crippen molar-refractivity contribution in [3.63, 3.8) is 0 Å². The number of hydrogen-bond donors (Lipinski definition) is 1. The van der Waals surface area contributed by atoms with Gasteiger partial charge in [0.25, 0.3) is 5.91 Å². The molecule has 110 valence electrons. The van der Waals surface area contributed by atoms with Crippen molar-refractivity contribution in [1.29, 1.82) is 0 Å². The highest BCUT2D eigenvalue weighted by Gasteiger charge is 2.31. The maximum Gasteiger partial charge on any atom is 0.416 e. The molecule has 2 rings (SSSR count). The zero-order chi connectivity index (χ0) is 15.6. The Hall–Kier alpha value is -2.02. The summed E-state index contributed by atoms with van der Waals surface area (Å²) in [6, 6.07) is 9.19. The van der Waals surface area contributed by atoms with Crippen LogP contribution in [0.25, 0.3) is 0 Å². The first-order valence-electron chi connectivity index (χ1n) is 5.72. The molecule has 2 aromatic rings. The van der Waals surface area contributed by atoms with Crippen LogP contribution < -0.4 is 10.5 Å². The van der Waals surface area contributed by atoms with Crippen LogP contribution in [-0.2, 0) is 6.18 Å². The second kappa shape index (κ2) is 5.77. The molecule has 2 N–H and O–H groups in total. The molecule has 0 heterocycles. The second-order valence-electron chi connectivity index (χ2n) is 4.13. The number of primary amides is 1. The number of carbonyl (C=O) groups is 1. The molecule has 0 aliphatic heterocycles. The first-order chi connectivity index (χ1) is 9.77. The van der Waals surface area contributed by atoms with Gasteiger partial charge in [-0.1, -0.05) is 15.9 Å². The van der Waals surface area contributed by atoms with Crippen molar-refractivity contribution in [3.8, 4) is 11.5 Å². The van der Waals surface area contributed by atoms with E-state index in [1.54, 1.807) is 24.3 Å². The van der Waals surface area contributed by atoms with Crippen molar-refractivity contribution < 1.29 is 22.7 Å². The third-order valence-electron chi connectivity index (χ3n) is 2.61. The Labute approximate surface area is 126 Å². The summed E-state index contributed by atoms with van der Waals surface area (Å²) in [5.41, 5.74) is 3.83. The van der Waals surface area contributed by atoms with Gasteiger partial charge in [0.1, 0.15) is 11.5 Å². The third kappa shape index (κ3) is 3.75. The lowest BCUT2D eigenvalue weighted by Crippen LogP contribution is -2.14. The quantitative estimate of drug-likeness (QED) is 0.884. The molecule has 0 bridgehead atoms. The molecule has 0 atom stereocenters. The summed E-state index contributed by atoms with van der Waals surface area (Å²) in [6.07, 6.45) is -4.56. The summed E-state index contributed by atoms with van der Waals surface area (Å²) in [5.74, 6) is -0.647. The van der Waals surface area contributed by atoms with Gasteiger partial charge in [-0.05, 0) is 42.5 Å². The molecule has 1 amide bonds. The van der Waals surface area contributed by atoms with E-state index in [1.807, 2.05) is 0 Å². The first-order valence-corrected chi connectivity index (χ1v) is 6.51. The molecule has 0 saturated carbocycles. The molecule has 7 heteroatoms. The Morgan fingerprint density at radius 2 is 1.71 bits per heavy atom. The maximum absolute atomic E-state index is 12.6. The van der Waals surface area contributed by atoms with Crippen LogP contribution in [0.5, 0.6) is 11.5 Å². The fourth-order valence-electron chi connectivity index (χ4n) is 1.62. The molecule has 0 aromatic heterocycles. The van der Waals surface area contributed by atoms with Crippen molar-refractivity contribution in [2.24, 2.45) is 5.73 Å². The normalized spacial score (nSPS) is 11.2. The summed E-state index contributed by atoms with van der Waals surface area (Å²) in [6.45, 7) is 0. The molecule has 2 aromatic carbocycles. The van der Waals surface area contributed by atoms with E-state index >= 15 is 0 Å². The van der Waals surface area contributed by atoms with Crippen LogP contribution in [0.1, 0.15) is 15.9 Å². The predicted octanol–water partition coefficient (Wildman–Crippen LogP) is 4.36. The van der Waals surface area contributed by atoms with Gasteiger partial charge in [-0.15, -0.1) is 0 Å². The van der Waals surface area contributed by atoms with E-state index in [2.05, 4.69) is 15.9 Å². The highest BCUT2D eigenvalue weighted by atomic mass is 79.9. The molecule has 0 spiro atoms. The summed E-state index contributed by atoms with van der Waals surface area (Å²) in [4.78, 5) is 11.3. The van der Waals surface area contributed by atoms with E-state index in [4.69, 9.17) is 10.5 Å². The number of ether oxygens (including phenoxy) is 1. The minimum atomic E-state index is -4.56. The Bertz CT molecular complexity index is 669. The standard InChI is InChI=1S/C14H9BrF3NO2/c15-9-2-4-10(5-3-9)21-12-6-1-8(14(16,17)18)7-11(12)13(19)20/h1-7H,(H2,19,20). The lowest BCUT2D eigenvalue weighted by atomic mass is 10.1. The number of carbonyl (C=O) groups excluding carboxylic acids is 1. The number of amides is 1. The van der Waals surface area contributed by atoms with E-state index in [0.717, 1.165) is 16.6 Å². The van der Waals surface area contributed by atoms with E-state index in [1.165, 1.54) is 0 Å². The number of alkyl halides is 3. The largest absolute Gasteiger partial charge is 0.457 e. The molecule has 0 aliphatic rings. The predicted molar refractivity (Wildman–Crippen MR) is 74.2 cm³/mol. The van der Waals surface area contributed by atoms with Crippen molar-refractivity contribution in [1.82, 2.24) is 0 Å². The van der Waals surface area contributed by atoms with Crippen LogP contribution in [0.2, 0.25) is 0 Å². The van der Waals surface area contributed by atoms with Crippen LogP contribution in [-0.4, -0.2) is 5.91 Å². The van der Waals surface area contributed by atoms with Crippen LogP contribution in [0.4, 0.5) is 13.2 Å². The zero-order valence-electron chi connectivity index (χ0n) is 10.4. The van der Waals surface area contributed by atoms with Gasteiger partial charge in [-0.3, -0.25) is 4.79 Å². The van der Waals surface area contributed by atoms with Crippen LogP contribution >= 0.6 is 15.9 Å². The number of rotatable bonds is 3. The summed E-state index contributed by atoms with van der Waals surface area (Å²) < 4.78 is 44.1. The van der Waals surface area contributed by atoms with Gasteiger partial charge < -0.3 is 10.5 Å². The van der Waals surface area contributed by atoms with Crippen molar-refractivity contribution in [3.05, 3.63) is 58.1 Å². The van der Waals surface area contributed by atoms with Crippen molar-refractivity contribution >= 4 is 21.8 Å². The Kier molecular flexibility index (Phi) is 4.22. The lowest BCUT2D eigenvalue weighted by molar-refractivity contribution is -0.137. The van der Waals surface area contributed by atoms with Crippen molar-refractivity contribution in [2.75, 3.05) is 0 Å². The number of halogens is 4. The van der Waals surface area contributed by atoms with Gasteiger partial charge in [0, 0.05) is 4.47 Å². The highest BCUT2D eigenvalue weighted by molar-refractivity contribution is 9.10. The SMILES string of the molecule is NC(=O)c1cc(C(F)(F)F)ccc1Oc1ccc(Br)cc1.